The summed E-state index contributed by atoms with van der Waals surface area (Å²) in [5, 5.41) is 0. The Morgan fingerprint density at radius 1 is 1.05 bits per heavy atom. The highest BCUT2D eigenvalue weighted by Gasteiger charge is 2.43. The summed E-state index contributed by atoms with van der Waals surface area (Å²) >= 11 is 0. The molecule has 0 bridgehead atoms. The van der Waals surface area contributed by atoms with E-state index in [1.165, 1.54) is 12.8 Å². The highest BCUT2D eigenvalue weighted by Crippen LogP contribution is 2.44. The number of fused-ring (bicyclic) bond motifs is 1. The first-order valence-corrected chi connectivity index (χ1v) is 7.50. The summed E-state index contributed by atoms with van der Waals surface area (Å²) in [7, 11) is 0. The second-order valence-electron chi connectivity index (χ2n) is 6.15. The summed E-state index contributed by atoms with van der Waals surface area (Å²) in [6.07, 6.45) is 2.40. The highest BCUT2D eigenvalue weighted by molar-refractivity contribution is 5.78. The number of benzene rings is 2. The SMILES string of the molecule is CC(N)(c1nc2ccccc2n1-c1ccccc1)C1CC1. The fraction of sp³-hybridized carbons (Fsp3) is 0.278. The maximum atomic E-state index is 6.66. The minimum Gasteiger partial charge on any atom is -0.319 e. The number of nitrogens with zero attached hydrogens (tertiary/aromatic N) is 2. The Morgan fingerprint density at radius 2 is 1.71 bits per heavy atom. The lowest BCUT2D eigenvalue weighted by atomic mass is 9.96. The summed E-state index contributed by atoms with van der Waals surface area (Å²) in [4.78, 5) is 4.86. The fourth-order valence-electron chi connectivity index (χ4n) is 3.09. The van der Waals surface area contributed by atoms with Gasteiger partial charge in [0.1, 0.15) is 5.82 Å². The van der Waals surface area contributed by atoms with E-state index in [4.69, 9.17) is 10.7 Å². The zero-order valence-electron chi connectivity index (χ0n) is 12.2. The lowest BCUT2D eigenvalue weighted by Crippen LogP contribution is -2.38. The van der Waals surface area contributed by atoms with Crippen LogP contribution in [0.25, 0.3) is 16.7 Å². The standard InChI is InChI=1S/C18H19N3/c1-18(19,13-11-12-13)17-20-15-9-5-6-10-16(15)21(17)14-7-3-2-4-8-14/h2-10,13H,11-12,19H2,1H3. The molecule has 2 N–H and O–H groups in total. The van der Waals surface area contributed by atoms with E-state index in [0.717, 1.165) is 22.5 Å². The number of aromatic nitrogens is 2. The van der Waals surface area contributed by atoms with E-state index in [2.05, 4.69) is 54.0 Å². The van der Waals surface area contributed by atoms with Crippen LogP contribution in [0.4, 0.5) is 0 Å². The molecule has 0 saturated heterocycles. The van der Waals surface area contributed by atoms with Crippen molar-refractivity contribution in [3.63, 3.8) is 0 Å². The first kappa shape index (κ1) is 12.6. The number of hydrogen-bond acceptors (Lipinski definition) is 2. The third-order valence-corrected chi connectivity index (χ3v) is 4.48. The summed E-state index contributed by atoms with van der Waals surface area (Å²) in [5.41, 5.74) is 9.53. The summed E-state index contributed by atoms with van der Waals surface area (Å²) in [6, 6.07) is 18.6. The van der Waals surface area contributed by atoms with Crippen molar-refractivity contribution in [2.75, 3.05) is 0 Å². The zero-order chi connectivity index (χ0) is 14.4. The minimum absolute atomic E-state index is 0.380. The molecule has 4 rings (SSSR count). The monoisotopic (exact) mass is 277 g/mol. The van der Waals surface area contributed by atoms with Gasteiger partial charge in [-0.25, -0.2) is 4.98 Å². The van der Waals surface area contributed by atoms with Gasteiger partial charge < -0.3 is 5.73 Å². The third kappa shape index (κ3) is 1.96. The van der Waals surface area contributed by atoms with Gasteiger partial charge in [-0.15, -0.1) is 0 Å². The van der Waals surface area contributed by atoms with Crippen LogP contribution in [0.15, 0.2) is 54.6 Å². The van der Waals surface area contributed by atoms with Crippen LogP contribution in [-0.2, 0) is 5.54 Å². The third-order valence-electron chi connectivity index (χ3n) is 4.48. The molecule has 1 heterocycles. The van der Waals surface area contributed by atoms with Gasteiger partial charge in [0.2, 0.25) is 0 Å². The van der Waals surface area contributed by atoms with Crippen LogP contribution in [-0.4, -0.2) is 9.55 Å². The van der Waals surface area contributed by atoms with Crippen molar-refractivity contribution in [1.82, 2.24) is 9.55 Å². The molecule has 3 aromatic rings. The molecule has 2 aromatic carbocycles. The molecule has 0 aliphatic heterocycles. The van der Waals surface area contributed by atoms with Crippen molar-refractivity contribution in [1.29, 1.82) is 0 Å². The maximum absolute atomic E-state index is 6.66. The number of para-hydroxylation sites is 3. The molecule has 21 heavy (non-hydrogen) atoms. The molecular formula is C18H19N3. The molecule has 0 spiro atoms. The predicted octanol–water partition coefficient (Wildman–Crippen LogP) is 3.61. The second kappa shape index (κ2) is 4.43. The van der Waals surface area contributed by atoms with Gasteiger partial charge in [0, 0.05) is 5.69 Å². The van der Waals surface area contributed by atoms with Crippen molar-refractivity contribution in [2.24, 2.45) is 11.7 Å². The normalized spacial score (nSPS) is 17.8. The number of nitrogens with two attached hydrogens (primary N) is 1. The van der Waals surface area contributed by atoms with Gasteiger partial charge in [0.05, 0.1) is 16.6 Å². The molecule has 0 radical (unpaired) electrons. The number of hydrogen-bond donors (Lipinski definition) is 1. The van der Waals surface area contributed by atoms with Crippen molar-refractivity contribution in [3.8, 4) is 5.69 Å². The molecule has 1 atom stereocenters. The van der Waals surface area contributed by atoms with Crippen molar-refractivity contribution in [3.05, 3.63) is 60.4 Å². The van der Waals surface area contributed by atoms with Crippen LogP contribution >= 0.6 is 0 Å². The van der Waals surface area contributed by atoms with E-state index >= 15 is 0 Å². The average molecular weight is 277 g/mol. The van der Waals surface area contributed by atoms with Gasteiger partial charge in [0.25, 0.3) is 0 Å². The Kier molecular flexibility index (Phi) is 2.66. The van der Waals surface area contributed by atoms with Crippen LogP contribution in [0.3, 0.4) is 0 Å². The van der Waals surface area contributed by atoms with E-state index in [1.807, 2.05) is 12.1 Å². The van der Waals surface area contributed by atoms with Crippen LogP contribution in [0.5, 0.6) is 0 Å². The topological polar surface area (TPSA) is 43.8 Å². The Balaban J connectivity index is 2.02. The summed E-state index contributed by atoms with van der Waals surface area (Å²) in [6.45, 7) is 2.12. The molecule has 0 amide bonds. The Labute approximate surface area is 124 Å². The minimum atomic E-state index is -0.380. The quantitative estimate of drug-likeness (QED) is 0.794. The van der Waals surface area contributed by atoms with E-state index in [-0.39, 0.29) is 5.54 Å². The van der Waals surface area contributed by atoms with Crippen LogP contribution in [0.1, 0.15) is 25.6 Å². The van der Waals surface area contributed by atoms with E-state index in [1.54, 1.807) is 0 Å². The largest absolute Gasteiger partial charge is 0.319 e. The second-order valence-corrected chi connectivity index (χ2v) is 6.15. The molecule has 1 unspecified atom stereocenters. The van der Waals surface area contributed by atoms with Crippen molar-refractivity contribution >= 4 is 11.0 Å². The average Bonchev–Trinajstić information content (AvgIpc) is 3.29. The first-order chi connectivity index (χ1) is 10.2. The lowest BCUT2D eigenvalue weighted by Gasteiger charge is -2.25. The van der Waals surface area contributed by atoms with Crippen molar-refractivity contribution in [2.45, 2.75) is 25.3 Å². The molecule has 1 saturated carbocycles. The molecule has 1 aliphatic rings. The molecule has 1 aliphatic carbocycles. The Morgan fingerprint density at radius 3 is 2.43 bits per heavy atom. The Hall–Kier alpha value is -2.13. The Bertz CT molecular complexity index is 783. The van der Waals surface area contributed by atoms with Crippen molar-refractivity contribution < 1.29 is 0 Å². The number of rotatable bonds is 3. The zero-order valence-corrected chi connectivity index (χ0v) is 12.2. The molecular weight excluding hydrogens is 258 g/mol. The predicted molar refractivity (Wildman–Crippen MR) is 85.3 cm³/mol. The van der Waals surface area contributed by atoms with Crippen LogP contribution in [0, 0.1) is 5.92 Å². The molecule has 106 valence electrons. The summed E-state index contributed by atoms with van der Waals surface area (Å²) in [5.74, 6) is 1.51. The van der Waals surface area contributed by atoms with Crippen LogP contribution in [0.2, 0.25) is 0 Å². The first-order valence-electron chi connectivity index (χ1n) is 7.50. The van der Waals surface area contributed by atoms with Gasteiger partial charge in [-0.1, -0.05) is 30.3 Å². The molecule has 3 heteroatoms. The van der Waals surface area contributed by atoms with Gasteiger partial charge in [-0.05, 0) is 49.9 Å². The van der Waals surface area contributed by atoms with Gasteiger partial charge in [0.15, 0.2) is 0 Å². The molecule has 3 nitrogen and oxygen atoms in total. The lowest BCUT2D eigenvalue weighted by molar-refractivity contribution is 0.397. The smallest absolute Gasteiger partial charge is 0.134 e. The fourth-order valence-corrected chi connectivity index (χ4v) is 3.09. The van der Waals surface area contributed by atoms with E-state index < -0.39 is 0 Å². The highest BCUT2D eigenvalue weighted by atomic mass is 15.1. The summed E-state index contributed by atoms with van der Waals surface area (Å²) < 4.78 is 2.22. The van der Waals surface area contributed by atoms with Gasteiger partial charge in [-0.3, -0.25) is 4.57 Å². The van der Waals surface area contributed by atoms with Crippen LogP contribution < -0.4 is 5.73 Å². The maximum Gasteiger partial charge on any atom is 0.134 e. The van der Waals surface area contributed by atoms with Gasteiger partial charge in [-0.2, -0.15) is 0 Å². The molecule has 1 fully saturated rings. The number of imidazole rings is 1. The van der Waals surface area contributed by atoms with E-state index in [0.29, 0.717) is 5.92 Å². The molecule has 1 aromatic heterocycles. The van der Waals surface area contributed by atoms with E-state index in [9.17, 15) is 0 Å². The van der Waals surface area contributed by atoms with Gasteiger partial charge >= 0.3 is 0 Å².